The van der Waals surface area contributed by atoms with Crippen LogP contribution in [0.1, 0.15) is 13.8 Å². The zero-order valence-electron chi connectivity index (χ0n) is 11.0. The van der Waals surface area contributed by atoms with Gasteiger partial charge in [-0.15, -0.1) is 0 Å². The predicted octanol–water partition coefficient (Wildman–Crippen LogP) is 2.85. The summed E-state index contributed by atoms with van der Waals surface area (Å²) < 4.78 is 11.0. The van der Waals surface area contributed by atoms with E-state index in [-0.39, 0.29) is 18.7 Å². The standard InChI is InChI=1S/C13H15Cl2NO2/c1-9-7-16(12(17)13(9,14)15)8-10-3-5-11(18-2)6-4-10/h3-6,9H,7-8H2,1-2H3/i1D. The maximum Gasteiger partial charge on any atom is 0.259 e. The van der Waals surface area contributed by atoms with Crippen molar-refractivity contribution in [1.82, 2.24) is 4.90 Å². The number of benzene rings is 1. The molecule has 1 unspecified atom stereocenters. The highest BCUT2D eigenvalue weighted by Crippen LogP contribution is 2.39. The van der Waals surface area contributed by atoms with E-state index in [0.717, 1.165) is 11.3 Å². The smallest absolute Gasteiger partial charge is 0.259 e. The summed E-state index contributed by atoms with van der Waals surface area (Å²) in [6, 6.07) is 7.47. The summed E-state index contributed by atoms with van der Waals surface area (Å²) in [5, 5.41) is 0. The van der Waals surface area contributed by atoms with Crippen molar-refractivity contribution in [1.29, 1.82) is 0 Å². The van der Waals surface area contributed by atoms with Crippen molar-refractivity contribution in [2.24, 2.45) is 5.92 Å². The Morgan fingerprint density at radius 1 is 1.50 bits per heavy atom. The molecule has 1 aromatic carbocycles. The van der Waals surface area contributed by atoms with Gasteiger partial charge in [-0.25, -0.2) is 0 Å². The second kappa shape index (κ2) is 4.98. The molecule has 0 spiro atoms. The maximum absolute atomic E-state index is 12.1. The fraction of sp³-hybridized carbons (Fsp3) is 0.462. The Kier molecular flexibility index (Phi) is 3.35. The van der Waals surface area contributed by atoms with Crippen molar-refractivity contribution in [3.05, 3.63) is 29.8 Å². The highest BCUT2D eigenvalue weighted by molar-refractivity contribution is 6.58. The van der Waals surface area contributed by atoms with Gasteiger partial charge in [0.05, 0.1) is 7.11 Å². The van der Waals surface area contributed by atoms with Crippen molar-refractivity contribution in [2.75, 3.05) is 13.7 Å². The van der Waals surface area contributed by atoms with E-state index in [0.29, 0.717) is 13.1 Å². The number of ether oxygens (including phenoxy) is 1. The first-order valence-electron chi connectivity index (χ1n) is 6.29. The lowest BCUT2D eigenvalue weighted by Gasteiger charge is -2.17. The number of likely N-dealkylation sites (tertiary alicyclic amines) is 1. The molecule has 2 rings (SSSR count). The first-order chi connectivity index (χ1) is 8.98. The number of carbonyl (C=O) groups excluding carboxylic acids is 1. The van der Waals surface area contributed by atoms with Crippen LogP contribution in [0, 0.1) is 5.92 Å². The minimum Gasteiger partial charge on any atom is -0.497 e. The van der Waals surface area contributed by atoms with E-state index in [1.54, 1.807) is 12.0 Å². The van der Waals surface area contributed by atoms with Gasteiger partial charge in [-0.1, -0.05) is 42.2 Å². The molecule has 0 saturated carbocycles. The molecule has 1 fully saturated rings. The van der Waals surface area contributed by atoms with Gasteiger partial charge in [0.25, 0.3) is 5.91 Å². The van der Waals surface area contributed by atoms with Crippen molar-refractivity contribution < 1.29 is 10.9 Å². The van der Waals surface area contributed by atoms with E-state index in [9.17, 15) is 4.79 Å². The molecular formula is C13H15Cl2NO2. The summed E-state index contributed by atoms with van der Waals surface area (Å²) in [5.74, 6) is 0.107. The van der Waals surface area contributed by atoms with Gasteiger partial charge in [0, 0.05) is 20.4 Å². The van der Waals surface area contributed by atoms with Crippen LogP contribution in [0.15, 0.2) is 24.3 Å². The number of methoxy groups -OCH3 is 1. The van der Waals surface area contributed by atoms with E-state index in [4.69, 9.17) is 29.3 Å². The summed E-state index contributed by atoms with van der Waals surface area (Å²) in [7, 11) is 1.60. The highest BCUT2D eigenvalue weighted by atomic mass is 35.5. The first-order valence-corrected chi connectivity index (χ1v) is 6.34. The lowest BCUT2D eigenvalue weighted by Crippen LogP contribution is -2.32. The number of amides is 1. The molecule has 0 N–H and O–H groups in total. The van der Waals surface area contributed by atoms with Gasteiger partial charge < -0.3 is 9.64 Å². The molecule has 3 nitrogen and oxygen atoms in total. The molecule has 1 saturated heterocycles. The summed E-state index contributed by atoms with van der Waals surface area (Å²) in [5.41, 5.74) is 0.976. The second-order valence-electron chi connectivity index (χ2n) is 4.35. The third kappa shape index (κ3) is 2.43. The third-order valence-electron chi connectivity index (χ3n) is 3.06. The number of halogens is 2. The lowest BCUT2D eigenvalue weighted by molar-refractivity contribution is -0.128. The summed E-state index contributed by atoms with van der Waals surface area (Å²) in [6.45, 7) is 0.903. The molecule has 1 aromatic rings. The maximum atomic E-state index is 12.1. The molecular weight excluding hydrogens is 273 g/mol. The van der Waals surface area contributed by atoms with Gasteiger partial charge in [-0.05, 0) is 17.7 Å². The fourth-order valence-corrected chi connectivity index (χ4v) is 2.31. The number of hydrogen-bond donors (Lipinski definition) is 0. The topological polar surface area (TPSA) is 29.5 Å². The molecule has 0 radical (unpaired) electrons. The van der Waals surface area contributed by atoms with Gasteiger partial charge in [0.1, 0.15) is 5.75 Å². The molecule has 18 heavy (non-hydrogen) atoms. The Hall–Kier alpha value is -0.930. The van der Waals surface area contributed by atoms with Crippen LogP contribution < -0.4 is 4.74 Å². The minimum atomic E-state index is -1.46. The number of alkyl halides is 2. The molecule has 0 aromatic heterocycles. The van der Waals surface area contributed by atoms with Crippen LogP contribution in [-0.4, -0.2) is 28.8 Å². The highest BCUT2D eigenvalue weighted by Gasteiger charge is 2.49. The van der Waals surface area contributed by atoms with Crippen molar-refractivity contribution >= 4 is 29.1 Å². The zero-order valence-corrected chi connectivity index (χ0v) is 11.5. The predicted molar refractivity (Wildman–Crippen MR) is 72.0 cm³/mol. The van der Waals surface area contributed by atoms with E-state index in [1.165, 1.54) is 0 Å². The van der Waals surface area contributed by atoms with Crippen molar-refractivity contribution in [3.63, 3.8) is 0 Å². The van der Waals surface area contributed by atoms with Crippen LogP contribution >= 0.6 is 23.2 Å². The molecule has 1 heterocycles. The van der Waals surface area contributed by atoms with Gasteiger partial charge >= 0.3 is 0 Å². The molecule has 1 aliphatic heterocycles. The quantitative estimate of drug-likeness (QED) is 0.801. The van der Waals surface area contributed by atoms with Crippen LogP contribution in [0.3, 0.4) is 0 Å². The van der Waals surface area contributed by atoms with Crippen LogP contribution in [-0.2, 0) is 11.3 Å². The molecule has 1 atom stereocenters. The van der Waals surface area contributed by atoms with Gasteiger partial charge in [-0.2, -0.15) is 0 Å². The first kappa shape index (κ1) is 12.1. The van der Waals surface area contributed by atoms with Crippen molar-refractivity contribution in [2.45, 2.75) is 17.8 Å². The van der Waals surface area contributed by atoms with Crippen LogP contribution in [0.5, 0.6) is 5.75 Å². The van der Waals surface area contributed by atoms with E-state index < -0.39 is 4.33 Å². The molecule has 98 valence electrons. The molecule has 0 bridgehead atoms. The fourth-order valence-electron chi connectivity index (χ4n) is 1.94. The Labute approximate surface area is 118 Å². The summed E-state index contributed by atoms with van der Waals surface area (Å²) >= 11 is 12.1. The number of carbonyl (C=O) groups is 1. The summed E-state index contributed by atoms with van der Waals surface area (Å²) in [6.07, 6.45) is 0. The molecule has 1 amide bonds. The average molecular weight is 289 g/mol. The Morgan fingerprint density at radius 3 is 2.67 bits per heavy atom. The third-order valence-corrected chi connectivity index (χ3v) is 4.00. The molecule has 5 heteroatoms. The van der Waals surface area contributed by atoms with E-state index in [1.807, 2.05) is 24.3 Å². The molecule has 1 aliphatic rings. The monoisotopic (exact) mass is 288 g/mol. The largest absolute Gasteiger partial charge is 0.497 e. The lowest BCUT2D eigenvalue weighted by atomic mass is 10.1. The normalized spacial score (nSPS) is 23.1. The Bertz CT molecular complexity index is 464. The van der Waals surface area contributed by atoms with Crippen LogP contribution in [0.4, 0.5) is 0 Å². The minimum absolute atomic E-state index is 0.0395. The van der Waals surface area contributed by atoms with Gasteiger partial charge in [0.15, 0.2) is 4.33 Å². The number of hydrogen-bond acceptors (Lipinski definition) is 2. The zero-order chi connectivity index (χ0) is 14.0. The Morgan fingerprint density at radius 2 is 2.17 bits per heavy atom. The average Bonchev–Trinajstić information content (AvgIpc) is 2.63. The van der Waals surface area contributed by atoms with Crippen molar-refractivity contribution in [3.8, 4) is 5.75 Å². The van der Waals surface area contributed by atoms with E-state index >= 15 is 0 Å². The molecule has 0 aliphatic carbocycles. The SMILES string of the molecule is [2H]CC1CN(Cc2ccc(OC)cc2)C(=O)C1(Cl)Cl. The summed E-state index contributed by atoms with van der Waals surface area (Å²) in [4.78, 5) is 13.7. The van der Waals surface area contributed by atoms with Crippen LogP contribution in [0.2, 0.25) is 0 Å². The van der Waals surface area contributed by atoms with Gasteiger partial charge in [0.2, 0.25) is 0 Å². The Balaban J connectivity index is 2.09. The van der Waals surface area contributed by atoms with Gasteiger partial charge in [-0.3, -0.25) is 4.79 Å². The number of rotatable bonds is 3. The van der Waals surface area contributed by atoms with E-state index in [2.05, 4.69) is 0 Å². The van der Waals surface area contributed by atoms with Crippen LogP contribution in [0.25, 0.3) is 0 Å². The number of nitrogens with zero attached hydrogens (tertiary/aromatic N) is 1. The second-order valence-corrected chi connectivity index (χ2v) is 5.74.